The van der Waals surface area contributed by atoms with Crippen LogP contribution in [0.4, 0.5) is 0 Å². The third kappa shape index (κ3) is 2.66. The summed E-state index contributed by atoms with van der Waals surface area (Å²) >= 11 is 0. The minimum atomic E-state index is -0.155. The predicted molar refractivity (Wildman–Crippen MR) is 71.9 cm³/mol. The minimum absolute atomic E-state index is 0.0395. The van der Waals surface area contributed by atoms with Gasteiger partial charge in [0.2, 0.25) is 5.91 Å². The smallest absolute Gasteiger partial charge is 0.249 e. The Hall–Kier alpha value is -2.13. The third-order valence-electron chi connectivity index (χ3n) is 3.23. The summed E-state index contributed by atoms with van der Waals surface area (Å²) in [5.41, 5.74) is 2.12. The van der Waals surface area contributed by atoms with E-state index < -0.39 is 0 Å². The Morgan fingerprint density at radius 1 is 1.00 bits per heavy atom. The topological polar surface area (TPSA) is 29.5 Å². The quantitative estimate of drug-likeness (QED) is 0.841. The molecule has 0 aliphatic carbocycles. The summed E-state index contributed by atoms with van der Waals surface area (Å²) in [6.45, 7) is 0.503. The Bertz CT molecular complexity index is 553. The van der Waals surface area contributed by atoms with E-state index in [0.29, 0.717) is 13.0 Å². The summed E-state index contributed by atoms with van der Waals surface area (Å²) in [5, 5.41) is 1.47. The lowest BCUT2D eigenvalue weighted by molar-refractivity contribution is -0.177. The summed E-state index contributed by atoms with van der Waals surface area (Å²) in [6.07, 6.45) is 0.258. The van der Waals surface area contributed by atoms with Crippen molar-refractivity contribution in [3.8, 4) is 0 Å². The van der Waals surface area contributed by atoms with Crippen molar-refractivity contribution in [2.45, 2.75) is 19.1 Å². The van der Waals surface area contributed by atoms with Gasteiger partial charge in [0, 0.05) is 0 Å². The number of hydrogen-bond acceptors (Lipinski definition) is 2. The van der Waals surface area contributed by atoms with Crippen LogP contribution in [0, 0.1) is 0 Å². The molecule has 1 unspecified atom stereocenters. The van der Waals surface area contributed by atoms with Crippen molar-refractivity contribution in [3.63, 3.8) is 0 Å². The van der Waals surface area contributed by atoms with Crippen molar-refractivity contribution in [2.75, 3.05) is 0 Å². The lowest BCUT2D eigenvalue weighted by atomic mass is 10.1. The fourth-order valence-corrected chi connectivity index (χ4v) is 2.23. The molecule has 0 saturated carbocycles. The number of carbonyl (C=O) groups is 1. The number of nitrogens with zero attached hydrogens (tertiary/aromatic N) is 1. The van der Waals surface area contributed by atoms with Crippen LogP contribution in [0.5, 0.6) is 0 Å². The second kappa shape index (κ2) is 5.24. The van der Waals surface area contributed by atoms with Gasteiger partial charge in [-0.15, -0.1) is 0 Å². The summed E-state index contributed by atoms with van der Waals surface area (Å²) < 4.78 is 0. The fraction of sp³-hybridized carbons (Fsp3) is 0.188. The van der Waals surface area contributed by atoms with E-state index in [4.69, 9.17) is 4.84 Å². The van der Waals surface area contributed by atoms with Gasteiger partial charge in [0.25, 0.3) is 0 Å². The molecule has 0 spiro atoms. The van der Waals surface area contributed by atoms with Gasteiger partial charge < -0.3 is 0 Å². The Balaban J connectivity index is 1.71. The molecule has 0 bridgehead atoms. The molecule has 2 aromatic carbocycles. The molecule has 1 atom stereocenters. The van der Waals surface area contributed by atoms with E-state index in [9.17, 15) is 4.79 Å². The van der Waals surface area contributed by atoms with Crippen LogP contribution >= 0.6 is 0 Å². The number of carbonyl (C=O) groups excluding carboxylic acids is 1. The van der Waals surface area contributed by atoms with Gasteiger partial charge in [-0.25, -0.2) is 5.06 Å². The molecular weight excluding hydrogens is 238 g/mol. The maximum Gasteiger partial charge on any atom is 0.249 e. The largest absolute Gasteiger partial charge is 0.272 e. The molecule has 2 aromatic rings. The first-order chi connectivity index (χ1) is 9.33. The molecule has 1 aliphatic heterocycles. The third-order valence-corrected chi connectivity index (χ3v) is 3.23. The Morgan fingerprint density at radius 3 is 2.32 bits per heavy atom. The van der Waals surface area contributed by atoms with Crippen LogP contribution < -0.4 is 0 Å². The second-order valence-corrected chi connectivity index (χ2v) is 4.62. The molecule has 96 valence electrons. The maximum absolute atomic E-state index is 12.0. The van der Waals surface area contributed by atoms with E-state index in [0.717, 1.165) is 11.1 Å². The fourth-order valence-electron chi connectivity index (χ4n) is 2.23. The number of hydrogen-bond donors (Lipinski definition) is 0. The van der Waals surface area contributed by atoms with Crippen LogP contribution in [0.25, 0.3) is 0 Å². The zero-order chi connectivity index (χ0) is 13.1. The lowest BCUT2D eigenvalue weighted by Gasteiger charge is -2.16. The molecule has 0 N–H and O–H groups in total. The molecule has 3 rings (SSSR count). The molecule has 0 aromatic heterocycles. The van der Waals surface area contributed by atoms with Crippen LogP contribution in [0.15, 0.2) is 60.7 Å². The monoisotopic (exact) mass is 253 g/mol. The maximum atomic E-state index is 12.0. The van der Waals surface area contributed by atoms with E-state index in [1.807, 2.05) is 60.7 Å². The summed E-state index contributed by atoms with van der Waals surface area (Å²) in [5.74, 6) is 0.0395. The SMILES string of the molecule is O=C1CC(c2ccccc2)ON1Cc1ccccc1. The Labute approximate surface area is 112 Å². The van der Waals surface area contributed by atoms with Crippen molar-refractivity contribution in [1.29, 1.82) is 0 Å². The van der Waals surface area contributed by atoms with Crippen LogP contribution in [0.2, 0.25) is 0 Å². The number of rotatable bonds is 3. The first kappa shape index (κ1) is 11.9. The summed E-state index contributed by atoms with van der Waals surface area (Å²) in [7, 11) is 0. The zero-order valence-electron chi connectivity index (χ0n) is 10.5. The van der Waals surface area contributed by atoms with Gasteiger partial charge >= 0.3 is 0 Å². The highest BCUT2D eigenvalue weighted by atomic mass is 16.7. The lowest BCUT2D eigenvalue weighted by Crippen LogP contribution is -2.22. The molecular formula is C16H15NO2. The van der Waals surface area contributed by atoms with Gasteiger partial charge in [0.1, 0.15) is 6.10 Å². The Morgan fingerprint density at radius 2 is 1.63 bits per heavy atom. The van der Waals surface area contributed by atoms with E-state index in [1.165, 1.54) is 5.06 Å². The molecule has 1 amide bonds. The van der Waals surface area contributed by atoms with Crippen molar-refractivity contribution < 1.29 is 9.63 Å². The summed E-state index contributed by atoms with van der Waals surface area (Å²) in [4.78, 5) is 17.7. The number of amides is 1. The number of benzene rings is 2. The second-order valence-electron chi connectivity index (χ2n) is 4.62. The van der Waals surface area contributed by atoms with E-state index in [-0.39, 0.29) is 12.0 Å². The normalized spacial score (nSPS) is 18.8. The highest BCUT2D eigenvalue weighted by Gasteiger charge is 2.31. The Kier molecular flexibility index (Phi) is 3.29. The molecule has 3 nitrogen and oxygen atoms in total. The van der Waals surface area contributed by atoms with Crippen molar-refractivity contribution in [3.05, 3.63) is 71.8 Å². The minimum Gasteiger partial charge on any atom is -0.272 e. The highest BCUT2D eigenvalue weighted by molar-refractivity contribution is 5.77. The first-order valence-electron chi connectivity index (χ1n) is 6.39. The highest BCUT2D eigenvalue weighted by Crippen LogP contribution is 2.30. The van der Waals surface area contributed by atoms with Crippen LogP contribution in [0.1, 0.15) is 23.7 Å². The van der Waals surface area contributed by atoms with E-state index in [1.54, 1.807) is 0 Å². The summed E-state index contributed by atoms with van der Waals surface area (Å²) in [6, 6.07) is 19.7. The zero-order valence-corrected chi connectivity index (χ0v) is 10.5. The standard InChI is InChI=1S/C16H15NO2/c18-16-11-15(14-9-5-2-6-10-14)19-17(16)12-13-7-3-1-4-8-13/h1-10,15H,11-12H2. The van der Waals surface area contributed by atoms with Crippen LogP contribution in [0.3, 0.4) is 0 Å². The average molecular weight is 253 g/mol. The van der Waals surface area contributed by atoms with Gasteiger partial charge in [0.05, 0.1) is 13.0 Å². The van der Waals surface area contributed by atoms with Gasteiger partial charge in [-0.2, -0.15) is 0 Å². The molecule has 1 aliphatic rings. The molecule has 1 heterocycles. The van der Waals surface area contributed by atoms with Crippen molar-refractivity contribution in [1.82, 2.24) is 5.06 Å². The molecule has 1 fully saturated rings. The van der Waals surface area contributed by atoms with Gasteiger partial charge in [-0.3, -0.25) is 9.63 Å². The van der Waals surface area contributed by atoms with E-state index in [2.05, 4.69) is 0 Å². The van der Waals surface area contributed by atoms with Crippen molar-refractivity contribution >= 4 is 5.91 Å². The van der Waals surface area contributed by atoms with Gasteiger partial charge in [-0.1, -0.05) is 60.7 Å². The molecule has 3 heteroatoms. The number of hydroxylamine groups is 2. The van der Waals surface area contributed by atoms with Crippen molar-refractivity contribution in [2.24, 2.45) is 0 Å². The first-order valence-corrected chi connectivity index (χ1v) is 6.39. The van der Waals surface area contributed by atoms with E-state index >= 15 is 0 Å². The van der Waals surface area contributed by atoms with Gasteiger partial charge in [-0.05, 0) is 11.1 Å². The van der Waals surface area contributed by atoms with Crippen LogP contribution in [-0.4, -0.2) is 11.0 Å². The van der Waals surface area contributed by atoms with Gasteiger partial charge in [0.15, 0.2) is 0 Å². The van der Waals surface area contributed by atoms with Crippen LogP contribution in [-0.2, 0) is 16.2 Å². The molecule has 0 radical (unpaired) electrons. The predicted octanol–water partition coefficient (Wildman–Crippen LogP) is 3.09. The average Bonchev–Trinajstić information content (AvgIpc) is 2.82. The molecule has 19 heavy (non-hydrogen) atoms. The molecule has 1 saturated heterocycles.